The Bertz CT molecular complexity index is 475. The third kappa shape index (κ3) is 3.76. The van der Waals surface area contributed by atoms with Gasteiger partial charge in [0.15, 0.2) is 0 Å². The zero-order valence-corrected chi connectivity index (χ0v) is 12.3. The van der Waals surface area contributed by atoms with Gasteiger partial charge in [0.1, 0.15) is 0 Å². The van der Waals surface area contributed by atoms with Crippen molar-refractivity contribution in [1.29, 1.82) is 0 Å². The highest BCUT2D eigenvalue weighted by Crippen LogP contribution is 2.43. The van der Waals surface area contributed by atoms with E-state index >= 15 is 0 Å². The minimum atomic E-state index is -4.46. The van der Waals surface area contributed by atoms with Gasteiger partial charge in [-0.2, -0.15) is 13.2 Å². The SMILES string of the molecule is CCCC1CCCC(O)(c2cnccc2C(F)(F)F)CC1. The normalized spacial score (nSPS) is 27.4. The molecule has 1 aromatic heterocycles. The summed E-state index contributed by atoms with van der Waals surface area (Å²) in [5.74, 6) is 0.509. The molecule has 5 heteroatoms. The summed E-state index contributed by atoms with van der Waals surface area (Å²) in [5.41, 5.74) is -2.22. The van der Waals surface area contributed by atoms with E-state index in [1.165, 1.54) is 6.20 Å². The fraction of sp³-hybridized carbons (Fsp3) is 0.688. The molecule has 0 amide bonds. The van der Waals surface area contributed by atoms with Crippen LogP contribution in [0.3, 0.4) is 0 Å². The fourth-order valence-corrected chi connectivity index (χ4v) is 3.37. The van der Waals surface area contributed by atoms with Crippen molar-refractivity contribution < 1.29 is 18.3 Å². The van der Waals surface area contributed by atoms with E-state index in [1.807, 2.05) is 0 Å². The van der Waals surface area contributed by atoms with Crippen LogP contribution in [0, 0.1) is 5.92 Å². The Kier molecular flexibility index (Phi) is 4.91. The van der Waals surface area contributed by atoms with Gasteiger partial charge >= 0.3 is 6.18 Å². The van der Waals surface area contributed by atoms with Gasteiger partial charge in [-0.3, -0.25) is 4.98 Å². The Hall–Kier alpha value is -1.10. The second-order valence-corrected chi connectivity index (χ2v) is 6.04. The van der Waals surface area contributed by atoms with E-state index in [2.05, 4.69) is 11.9 Å². The first-order chi connectivity index (χ1) is 9.87. The largest absolute Gasteiger partial charge is 0.416 e. The summed E-state index contributed by atoms with van der Waals surface area (Å²) in [4.78, 5) is 3.81. The molecule has 2 unspecified atom stereocenters. The van der Waals surface area contributed by atoms with Crippen molar-refractivity contribution in [3.8, 4) is 0 Å². The molecular weight excluding hydrogens is 279 g/mol. The molecule has 1 aliphatic carbocycles. The van der Waals surface area contributed by atoms with E-state index in [0.29, 0.717) is 18.8 Å². The van der Waals surface area contributed by atoms with Crippen molar-refractivity contribution in [3.63, 3.8) is 0 Å². The highest BCUT2D eigenvalue weighted by molar-refractivity contribution is 5.32. The molecule has 0 radical (unpaired) electrons. The van der Waals surface area contributed by atoms with E-state index in [9.17, 15) is 18.3 Å². The van der Waals surface area contributed by atoms with Crippen LogP contribution in [0.25, 0.3) is 0 Å². The lowest BCUT2D eigenvalue weighted by Gasteiger charge is -2.29. The van der Waals surface area contributed by atoms with E-state index in [0.717, 1.165) is 44.4 Å². The third-order valence-electron chi connectivity index (χ3n) is 4.49. The highest BCUT2D eigenvalue weighted by Gasteiger charge is 2.41. The Morgan fingerprint density at radius 3 is 2.76 bits per heavy atom. The van der Waals surface area contributed by atoms with Gasteiger partial charge in [-0.1, -0.05) is 26.2 Å². The summed E-state index contributed by atoms with van der Waals surface area (Å²) >= 11 is 0. The highest BCUT2D eigenvalue weighted by atomic mass is 19.4. The van der Waals surface area contributed by atoms with Gasteiger partial charge in [-0.15, -0.1) is 0 Å². The molecule has 1 heterocycles. The van der Waals surface area contributed by atoms with Gasteiger partial charge in [-0.05, 0) is 37.7 Å². The maximum absolute atomic E-state index is 13.1. The number of aliphatic hydroxyl groups is 1. The molecular formula is C16H22F3NO. The molecule has 0 aromatic carbocycles. The topological polar surface area (TPSA) is 33.1 Å². The molecule has 1 aliphatic rings. The number of rotatable bonds is 3. The molecule has 1 saturated carbocycles. The van der Waals surface area contributed by atoms with Gasteiger partial charge in [0, 0.05) is 18.0 Å². The van der Waals surface area contributed by atoms with Gasteiger partial charge in [0.05, 0.1) is 11.2 Å². The van der Waals surface area contributed by atoms with Crippen LogP contribution in [0.15, 0.2) is 18.5 Å². The van der Waals surface area contributed by atoms with Crippen LogP contribution in [-0.4, -0.2) is 10.1 Å². The monoisotopic (exact) mass is 301 g/mol. The van der Waals surface area contributed by atoms with Gasteiger partial charge in [-0.25, -0.2) is 0 Å². The average molecular weight is 301 g/mol. The van der Waals surface area contributed by atoms with Gasteiger partial charge < -0.3 is 5.11 Å². The zero-order chi connectivity index (χ0) is 15.5. The summed E-state index contributed by atoms with van der Waals surface area (Å²) in [6.45, 7) is 2.11. The molecule has 1 N–H and O–H groups in total. The second-order valence-electron chi connectivity index (χ2n) is 6.04. The lowest BCUT2D eigenvalue weighted by atomic mass is 9.84. The number of nitrogens with zero attached hydrogens (tertiary/aromatic N) is 1. The number of pyridine rings is 1. The predicted molar refractivity (Wildman–Crippen MR) is 74.6 cm³/mol. The Balaban J connectivity index is 2.28. The first-order valence-electron chi connectivity index (χ1n) is 7.61. The van der Waals surface area contributed by atoms with Crippen molar-refractivity contribution in [2.24, 2.45) is 5.92 Å². The van der Waals surface area contributed by atoms with Crippen molar-refractivity contribution >= 4 is 0 Å². The number of halogens is 3. The maximum Gasteiger partial charge on any atom is 0.416 e. The molecule has 2 rings (SSSR count). The molecule has 0 aliphatic heterocycles. The molecule has 0 bridgehead atoms. The van der Waals surface area contributed by atoms with E-state index in [1.54, 1.807) is 0 Å². The Morgan fingerprint density at radius 2 is 2.10 bits per heavy atom. The van der Waals surface area contributed by atoms with Crippen LogP contribution in [-0.2, 0) is 11.8 Å². The molecule has 118 valence electrons. The third-order valence-corrected chi connectivity index (χ3v) is 4.49. The summed E-state index contributed by atoms with van der Waals surface area (Å²) in [7, 11) is 0. The molecule has 2 atom stereocenters. The number of aromatic nitrogens is 1. The minimum Gasteiger partial charge on any atom is -0.385 e. The van der Waals surface area contributed by atoms with Crippen molar-refractivity contribution in [1.82, 2.24) is 4.98 Å². The molecule has 0 saturated heterocycles. The lowest BCUT2D eigenvalue weighted by Crippen LogP contribution is -2.29. The van der Waals surface area contributed by atoms with Crippen LogP contribution in [0.2, 0.25) is 0 Å². The smallest absolute Gasteiger partial charge is 0.385 e. The molecule has 2 nitrogen and oxygen atoms in total. The molecule has 21 heavy (non-hydrogen) atoms. The maximum atomic E-state index is 13.1. The van der Waals surface area contributed by atoms with E-state index in [4.69, 9.17) is 0 Å². The predicted octanol–water partition coefficient (Wildman–Crippen LogP) is 4.67. The standard InChI is InChI=1S/C16H22F3NO/c1-2-4-12-5-3-8-15(21,9-6-12)14-11-20-10-7-13(14)16(17,18)19/h7,10-12,21H,2-6,8-9H2,1H3. The molecule has 0 spiro atoms. The summed E-state index contributed by atoms with van der Waals surface area (Å²) in [5, 5.41) is 10.8. The van der Waals surface area contributed by atoms with Crippen LogP contribution < -0.4 is 0 Å². The van der Waals surface area contributed by atoms with Crippen molar-refractivity contribution in [3.05, 3.63) is 29.6 Å². The van der Waals surface area contributed by atoms with Gasteiger partial charge in [0.2, 0.25) is 0 Å². The average Bonchev–Trinajstić information content (AvgIpc) is 2.62. The first-order valence-corrected chi connectivity index (χ1v) is 7.61. The number of hydrogen-bond donors (Lipinski definition) is 1. The Labute approximate surface area is 123 Å². The number of hydrogen-bond acceptors (Lipinski definition) is 2. The van der Waals surface area contributed by atoms with E-state index in [-0.39, 0.29) is 5.56 Å². The lowest BCUT2D eigenvalue weighted by molar-refractivity contribution is -0.141. The van der Waals surface area contributed by atoms with Gasteiger partial charge in [0.25, 0.3) is 0 Å². The number of alkyl halides is 3. The zero-order valence-electron chi connectivity index (χ0n) is 12.3. The van der Waals surface area contributed by atoms with Crippen LogP contribution >= 0.6 is 0 Å². The van der Waals surface area contributed by atoms with E-state index < -0.39 is 17.3 Å². The quantitative estimate of drug-likeness (QED) is 0.823. The first kappa shape index (κ1) is 16.3. The Morgan fingerprint density at radius 1 is 1.33 bits per heavy atom. The molecule has 1 fully saturated rings. The van der Waals surface area contributed by atoms with Crippen LogP contribution in [0.4, 0.5) is 13.2 Å². The fourth-order valence-electron chi connectivity index (χ4n) is 3.37. The summed E-state index contributed by atoms with van der Waals surface area (Å²) in [6, 6.07) is 0.960. The second kappa shape index (κ2) is 6.34. The summed E-state index contributed by atoms with van der Waals surface area (Å²) in [6.07, 6.45) is 3.29. The van der Waals surface area contributed by atoms with Crippen LogP contribution in [0.1, 0.15) is 63.0 Å². The minimum absolute atomic E-state index is 0.0605. The summed E-state index contributed by atoms with van der Waals surface area (Å²) < 4.78 is 39.4. The van der Waals surface area contributed by atoms with Crippen molar-refractivity contribution in [2.75, 3.05) is 0 Å². The van der Waals surface area contributed by atoms with Crippen molar-refractivity contribution in [2.45, 2.75) is 63.6 Å². The molecule has 1 aromatic rings. The van der Waals surface area contributed by atoms with Crippen LogP contribution in [0.5, 0.6) is 0 Å².